The van der Waals surface area contributed by atoms with Gasteiger partial charge in [0.15, 0.2) is 0 Å². The molecule has 0 N–H and O–H groups in total. The second-order valence-electron chi connectivity index (χ2n) is 8.29. The molecule has 0 radical (unpaired) electrons. The highest BCUT2D eigenvalue weighted by Crippen LogP contribution is 2.36. The minimum atomic E-state index is -4.33. The van der Waals surface area contributed by atoms with E-state index in [1.54, 1.807) is 17.4 Å². The predicted molar refractivity (Wildman–Crippen MR) is 132 cm³/mol. The summed E-state index contributed by atoms with van der Waals surface area (Å²) in [4.78, 5) is 4.50. The van der Waals surface area contributed by atoms with Crippen molar-refractivity contribution in [1.29, 1.82) is 0 Å². The van der Waals surface area contributed by atoms with Crippen LogP contribution in [0.3, 0.4) is 0 Å². The zero-order valence-corrected chi connectivity index (χ0v) is 19.3. The standard InChI is InChI=1S/C28H26F3NS/c1-20-15-16-27(33-20)26-14-7-6-13-25(26)21(2)32(18-22-9-4-3-5-10-22)19-23-11-8-12-24(17-23)28(29,30)31/h3-10,12-17,23H,2,11,18-19H2,1H3. The van der Waals surface area contributed by atoms with Crippen molar-refractivity contribution in [1.82, 2.24) is 4.90 Å². The smallest absolute Gasteiger partial charge is 0.367 e. The van der Waals surface area contributed by atoms with Gasteiger partial charge in [-0.2, -0.15) is 13.2 Å². The Morgan fingerprint density at radius 2 is 1.76 bits per heavy atom. The maximum atomic E-state index is 13.3. The van der Waals surface area contributed by atoms with Gasteiger partial charge in [-0.05, 0) is 37.0 Å². The van der Waals surface area contributed by atoms with Crippen LogP contribution in [-0.4, -0.2) is 17.6 Å². The van der Waals surface area contributed by atoms with Crippen LogP contribution in [0.15, 0.2) is 97.1 Å². The summed E-state index contributed by atoms with van der Waals surface area (Å²) in [5.74, 6) is -0.247. The Kier molecular flexibility index (Phi) is 6.89. The molecule has 1 aliphatic carbocycles. The predicted octanol–water partition coefficient (Wildman–Crippen LogP) is 8.26. The fourth-order valence-electron chi connectivity index (χ4n) is 4.12. The number of halogens is 3. The summed E-state index contributed by atoms with van der Waals surface area (Å²) in [5.41, 5.74) is 3.43. The first-order valence-electron chi connectivity index (χ1n) is 10.9. The summed E-state index contributed by atoms with van der Waals surface area (Å²) < 4.78 is 39.9. The SMILES string of the molecule is C=C(c1ccccc1-c1ccc(C)s1)N(Cc1ccccc1)CC1C=C(C(F)(F)F)C=CC1. The van der Waals surface area contributed by atoms with E-state index in [0.29, 0.717) is 19.5 Å². The van der Waals surface area contributed by atoms with Gasteiger partial charge in [0.25, 0.3) is 0 Å². The van der Waals surface area contributed by atoms with Crippen molar-refractivity contribution in [2.24, 2.45) is 5.92 Å². The van der Waals surface area contributed by atoms with Gasteiger partial charge < -0.3 is 4.90 Å². The van der Waals surface area contributed by atoms with E-state index in [4.69, 9.17) is 0 Å². The number of hydrogen-bond acceptors (Lipinski definition) is 2. The molecule has 0 aliphatic heterocycles. The number of nitrogens with zero attached hydrogens (tertiary/aromatic N) is 1. The van der Waals surface area contributed by atoms with Crippen LogP contribution in [0.2, 0.25) is 0 Å². The molecule has 1 atom stereocenters. The average molecular weight is 466 g/mol. The molecule has 0 amide bonds. The third kappa shape index (κ3) is 5.66. The van der Waals surface area contributed by atoms with Gasteiger partial charge in [0.1, 0.15) is 0 Å². The molecule has 0 saturated heterocycles. The third-order valence-corrected chi connectivity index (χ3v) is 6.81. The highest BCUT2D eigenvalue weighted by atomic mass is 32.1. The van der Waals surface area contributed by atoms with Crippen molar-refractivity contribution in [2.45, 2.75) is 26.1 Å². The van der Waals surface area contributed by atoms with E-state index in [0.717, 1.165) is 27.3 Å². The van der Waals surface area contributed by atoms with Crippen molar-refractivity contribution in [3.05, 3.63) is 113 Å². The van der Waals surface area contributed by atoms with E-state index in [-0.39, 0.29) is 5.92 Å². The third-order valence-electron chi connectivity index (χ3n) is 5.78. The fraction of sp³-hybridized carbons (Fsp3) is 0.214. The van der Waals surface area contributed by atoms with Crippen molar-refractivity contribution >= 4 is 17.0 Å². The van der Waals surface area contributed by atoms with Crippen LogP contribution < -0.4 is 0 Å². The maximum absolute atomic E-state index is 13.3. The first-order chi connectivity index (χ1) is 15.8. The number of allylic oxidation sites excluding steroid dienone is 3. The molecular formula is C28H26F3NS. The summed E-state index contributed by atoms with van der Waals surface area (Å²) in [7, 11) is 0. The zero-order chi connectivity index (χ0) is 23.4. The molecule has 0 bridgehead atoms. The second kappa shape index (κ2) is 9.84. The quantitative estimate of drug-likeness (QED) is 0.339. The van der Waals surface area contributed by atoms with Crippen molar-refractivity contribution in [2.75, 3.05) is 6.54 Å². The van der Waals surface area contributed by atoms with Crippen molar-refractivity contribution in [3.8, 4) is 10.4 Å². The molecule has 3 aromatic rings. The Bertz CT molecular complexity index is 1170. The fourth-order valence-corrected chi connectivity index (χ4v) is 5.03. The first kappa shape index (κ1) is 23.1. The number of rotatable bonds is 7. The molecule has 4 rings (SSSR count). The molecule has 0 saturated carbocycles. The molecule has 1 heterocycles. The van der Waals surface area contributed by atoms with E-state index in [9.17, 15) is 13.2 Å². The van der Waals surface area contributed by atoms with Crippen LogP contribution in [0.1, 0.15) is 22.4 Å². The van der Waals surface area contributed by atoms with Crippen LogP contribution in [0.5, 0.6) is 0 Å². The molecule has 5 heteroatoms. The molecule has 2 aromatic carbocycles. The Labute approximate surface area is 197 Å². The summed E-state index contributed by atoms with van der Waals surface area (Å²) >= 11 is 1.72. The normalized spacial score (nSPS) is 15.9. The van der Waals surface area contributed by atoms with Gasteiger partial charge in [0.05, 0.1) is 5.57 Å². The van der Waals surface area contributed by atoms with Crippen molar-refractivity contribution < 1.29 is 13.2 Å². The molecule has 0 spiro atoms. The molecule has 170 valence electrons. The lowest BCUT2D eigenvalue weighted by Crippen LogP contribution is -2.28. The molecule has 1 unspecified atom stereocenters. The molecular weight excluding hydrogens is 439 g/mol. The number of hydrogen-bond donors (Lipinski definition) is 0. The van der Waals surface area contributed by atoms with E-state index >= 15 is 0 Å². The highest BCUT2D eigenvalue weighted by molar-refractivity contribution is 7.15. The van der Waals surface area contributed by atoms with Gasteiger partial charge >= 0.3 is 6.18 Å². The van der Waals surface area contributed by atoms with E-state index < -0.39 is 11.7 Å². The Hall–Kier alpha value is -3.05. The Morgan fingerprint density at radius 3 is 2.45 bits per heavy atom. The lowest BCUT2D eigenvalue weighted by molar-refractivity contribution is -0.0889. The molecule has 33 heavy (non-hydrogen) atoms. The lowest BCUT2D eigenvalue weighted by Gasteiger charge is -2.32. The number of aryl methyl sites for hydroxylation is 1. The van der Waals surface area contributed by atoms with E-state index in [1.165, 1.54) is 17.0 Å². The van der Waals surface area contributed by atoms with Gasteiger partial charge in [-0.3, -0.25) is 0 Å². The van der Waals surface area contributed by atoms with Crippen LogP contribution in [0, 0.1) is 12.8 Å². The topological polar surface area (TPSA) is 3.24 Å². The van der Waals surface area contributed by atoms with Crippen LogP contribution in [0.25, 0.3) is 16.1 Å². The number of benzene rings is 2. The number of thiophene rings is 1. The van der Waals surface area contributed by atoms with Gasteiger partial charge in [0.2, 0.25) is 0 Å². The Balaban J connectivity index is 1.67. The second-order valence-corrected chi connectivity index (χ2v) is 9.57. The van der Waals surface area contributed by atoms with Crippen molar-refractivity contribution in [3.63, 3.8) is 0 Å². The monoisotopic (exact) mass is 465 g/mol. The summed E-state index contributed by atoms with van der Waals surface area (Å²) in [5, 5.41) is 0. The minimum absolute atomic E-state index is 0.247. The zero-order valence-electron chi connectivity index (χ0n) is 18.5. The maximum Gasteiger partial charge on any atom is 0.416 e. The van der Waals surface area contributed by atoms with Crippen LogP contribution in [0.4, 0.5) is 13.2 Å². The van der Waals surface area contributed by atoms with Gasteiger partial charge in [-0.15, -0.1) is 11.3 Å². The summed E-state index contributed by atoms with van der Waals surface area (Å²) in [6.45, 7) is 7.53. The van der Waals surface area contributed by atoms with Gasteiger partial charge in [0, 0.05) is 39.7 Å². The molecule has 1 aromatic heterocycles. The average Bonchev–Trinajstić information content (AvgIpc) is 3.24. The highest BCUT2D eigenvalue weighted by Gasteiger charge is 2.33. The van der Waals surface area contributed by atoms with Crippen LogP contribution in [-0.2, 0) is 6.54 Å². The van der Waals surface area contributed by atoms with E-state index in [1.807, 2.05) is 48.5 Å². The first-order valence-corrected chi connectivity index (χ1v) is 11.7. The summed E-state index contributed by atoms with van der Waals surface area (Å²) in [6, 6.07) is 22.3. The molecule has 1 aliphatic rings. The lowest BCUT2D eigenvalue weighted by atomic mass is 9.94. The van der Waals surface area contributed by atoms with Gasteiger partial charge in [-0.25, -0.2) is 0 Å². The van der Waals surface area contributed by atoms with E-state index in [2.05, 4.69) is 36.6 Å². The number of alkyl halides is 3. The van der Waals surface area contributed by atoms with Crippen LogP contribution >= 0.6 is 11.3 Å². The minimum Gasteiger partial charge on any atom is -0.367 e. The summed E-state index contributed by atoms with van der Waals surface area (Å²) in [6.07, 6.45) is 0.407. The molecule has 1 nitrogen and oxygen atoms in total. The van der Waals surface area contributed by atoms with Gasteiger partial charge in [-0.1, -0.05) is 79.4 Å². The largest absolute Gasteiger partial charge is 0.416 e. The Morgan fingerprint density at radius 1 is 1.03 bits per heavy atom. The molecule has 0 fully saturated rings.